The van der Waals surface area contributed by atoms with Crippen LogP contribution in [0.4, 0.5) is 0 Å². The van der Waals surface area contributed by atoms with E-state index in [9.17, 15) is 0 Å². The molecule has 1 aliphatic heterocycles. The SMILES string of the molecule is C[C-]1CCNC1.[Eu]. The summed E-state index contributed by atoms with van der Waals surface area (Å²) in [7, 11) is 0. The summed E-state index contributed by atoms with van der Waals surface area (Å²) >= 11 is 0. The summed E-state index contributed by atoms with van der Waals surface area (Å²) < 4.78 is 0. The second-order valence-electron chi connectivity index (χ2n) is 1.88. The zero-order chi connectivity index (χ0) is 4.41. The van der Waals surface area contributed by atoms with Crippen molar-refractivity contribution in [3.63, 3.8) is 0 Å². The van der Waals surface area contributed by atoms with Crippen LogP contribution >= 0.6 is 0 Å². The molecule has 0 bridgehead atoms. The third-order valence-corrected chi connectivity index (χ3v) is 1.16. The van der Waals surface area contributed by atoms with Crippen LogP contribution in [0.5, 0.6) is 0 Å². The number of nitrogens with one attached hydrogen (secondary N) is 1. The molecule has 0 aliphatic carbocycles. The first-order chi connectivity index (χ1) is 2.89. The molecule has 0 unspecified atom stereocenters. The Kier molecular flexibility index (Phi) is 5.40. The van der Waals surface area contributed by atoms with E-state index in [0.29, 0.717) is 0 Å². The summed E-state index contributed by atoms with van der Waals surface area (Å²) in [5.74, 6) is 1.59. The monoisotopic (exact) mass is 237 g/mol. The van der Waals surface area contributed by atoms with Crippen molar-refractivity contribution in [2.45, 2.75) is 13.3 Å². The second kappa shape index (κ2) is 4.43. The van der Waals surface area contributed by atoms with E-state index in [2.05, 4.69) is 12.2 Å². The van der Waals surface area contributed by atoms with Gasteiger partial charge in [-0.15, -0.1) is 6.54 Å². The molecule has 7 heavy (non-hydrogen) atoms. The first-order valence-corrected chi connectivity index (χ1v) is 2.41. The van der Waals surface area contributed by atoms with Crippen LogP contribution in [0.3, 0.4) is 0 Å². The summed E-state index contributed by atoms with van der Waals surface area (Å²) in [6.07, 6.45) is 1.29. The molecule has 1 aliphatic rings. The van der Waals surface area contributed by atoms with Crippen molar-refractivity contribution in [1.29, 1.82) is 0 Å². The molecule has 0 aromatic rings. The normalized spacial score (nSPS) is 21.9. The van der Waals surface area contributed by atoms with Gasteiger partial charge in [0.25, 0.3) is 0 Å². The first kappa shape index (κ1) is 8.54. The van der Waals surface area contributed by atoms with Crippen molar-refractivity contribution in [1.82, 2.24) is 5.32 Å². The molecule has 1 rings (SSSR count). The fourth-order valence-corrected chi connectivity index (χ4v) is 0.692. The number of rotatable bonds is 0. The van der Waals surface area contributed by atoms with Gasteiger partial charge in [0.05, 0.1) is 0 Å². The fraction of sp³-hybridized carbons (Fsp3) is 0.800. The van der Waals surface area contributed by atoms with Crippen molar-refractivity contribution in [2.75, 3.05) is 13.1 Å². The summed E-state index contributed by atoms with van der Waals surface area (Å²) in [5, 5.41) is 3.23. The summed E-state index contributed by atoms with van der Waals surface area (Å²) in [5.41, 5.74) is 0. The van der Waals surface area contributed by atoms with Crippen LogP contribution in [0.15, 0.2) is 0 Å². The van der Waals surface area contributed by atoms with Crippen LogP contribution in [-0.4, -0.2) is 13.1 Å². The molecule has 0 saturated carbocycles. The Morgan fingerprint density at radius 3 is 2.43 bits per heavy atom. The van der Waals surface area contributed by atoms with Crippen molar-refractivity contribution in [2.24, 2.45) is 0 Å². The molecular formula is C5H10EuN-. The maximum atomic E-state index is 3.23. The zero-order valence-corrected chi connectivity index (χ0v) is 6.92. The van der Waals surface area contributed by atoms with Crippen molar-refractivity contribution in [3.8, 4) is 0 Å². The molecule has 43 valence electrons. The maximum absolute atomic E-state index is 3.23. The van der Waals surface area contributed by atoms with Gasteiger partial charge < -0.3 is 11.2 Å². The van der Waals surface area contributed by atoms with Crippen LogP contribution in [-0.2, 0) is 0 Å². The molecule has 0 amide bonds. The summed E-state index contributed by atoms with van der Waals surface area (Å²) in [6.45, 7) is 4.55. The topological polar surface area (TPSA) is 12.0 Å². The third kappa shape index (κ3) is 3.18. The van der Waals surface area contributed by atoms with Gasteiger partial charge in [-0.25, -0.2) is 0 Å². The minimum atomic E-state index is 0. The van der Waals surface area contributed by atoms with Crippen molar-refractivity contribution in [3.05, 3.63) is 5.92 Å². The minimum absolute atomic E-state index is 0. The Morgan fingerprint density at radius 2 is 2.29 bits per heavy atom. The average molecular weight is 236 g/mol. The van der Waals surface area contributed by atoms with E-state index in [1.165, 1.54) is 13.0 Å². The van der Waals surface area contributed by atoms with E-state index in [4.69, 9.17) is 0 Å². The predicted molar refractivity (Wildman–Crippen MR) is 26.4 cm³/mol. The van der Waals surface area contributed by atoms with Gasteiger partial charge in [-0.2, -0.15) is 13.3 Å². The Balaban J connectivity index is 0.000000360. The van der Waals surface area contributed by atoms with Gasteiger partial charge in [0.1, 0.15) is 0 Å². The number of hydrogen-bond donors (Lipinski definition) is 1. The second-order valence-corrected chi connectivity index (χ2v) is 1.88. The smallest absolute Gasteiger partial charge is 0 e. The van der Waals surface area contributed by atoms with Gasteiger partial charge in [0, 0.05) is 49.4 Å². The Bertz CT molecular complexity index is 41.3. The molecule has 1 fully saturated rings. The van der Waals surface area contributed by atoms with Crippen molar-refractivity contribution >= 4 is 0 Å². The zero-order valence-electron chi connectivity index (χ0n) is 4.50. The molecule has 1 radical (unpaired) electrons. The summed E-state index contributed by atoms with van der Waals surface area (Å²) in [4.78, 5) is 0. The van der Waals surface area contributed by atoms with E-state index in [1.807, 2.05) is 0 Å². The Labute approximate surface area is 85.8 Å². The fourth-order valence-electron chi connectivity index (χ4n) is 0.692. The van der Waals surface area contributed by atoms with Gasteiger partial charge in [-0.3, -0.25) is 0 Å². The average Bonchev–Trinajstić information content (AvgIpc) is 1.86. The van der Waals surface area contributed by atoms with Gasteiger partial charge in [-0.05, 0) is 6.54 Å². The van der Waals surface area contributed by atoms with Gasteiger partial charge in [0.2, 0.25) is 0 Å². The number of hydrogen-bond acceptors (Lipinski definition) is 1. The van der Waals surface area contributed by atoms with Crippen LogP contribution in [0, 0.1) is 55.3 Å². The molecule has 1 N–H and O–H groups in total. The first-order valence-electron chi connectivity index (χ1n) is 2.41. The van der Waals surface area contributed by atoms with Gasteiger partial charge in [-0.1, -0.05) is 0 Å². The Hall–Kier alpha value is 1.54. The molecule has 0 atom stereocenters. The molecule has 1 saturated heterocycles. The van der Waals surface area contributed by atoms with Crippen molar-refractivity contribution < 1.29 is 49.4 Å². The molecule has 0 spiro atoms. The maximum Gasteiger partial charge on any atom is 0 e. The molecule has 1 heterocycles. The molecule has 0 aromatic carbocycles. The molecule has 2 heteroatoms. The molecule has 1 nitrogen and oxygen atoms in total. The van der Waals surface area contributed by atoms with E-state index in [-0.39, 0.29) is 49.4 Å². The minimum Gasteiger partial charge on any atom is -0.348 e. The summed E-state index contributed by atoms with van der Waals surface area (Å²) in [6, 6.07) is 0. The van der Waals surface area contributed by atoms with Crippen LogP contribution in [0.1, 0.15) is 13.3 Å². The van der Waals surface area contributed by atoms with Crippen LogP contribution in [0.2, 0.25) is 0 Å². The van der Waals surface area contributed by atoms with Crippen LogP contribution in [0.25, 0.3) is 0 Å². The third-order valence-electron chi connectivity index (χ3n) is 1.16. The van der Waals surface area contributed by atoms with E-state index < -0.39 is 0 Å². The largest absolute Gasteiger partial charge is 0.348 e. The quantitative estimate of drug-likeness (QED) is 0.606. The predicted octanol–water partition coefficient (Wildman–Crippen LogP) is 0.574. The van der Waals surface area contributed by atoms with E-state index in [1.54, 1.807) is 5.92 Å². The van der Waals surface area contributed by atoms with Gasteiger partial charge >= 0.3 is 0 Å². The molecular weight excluding hydrogens is 226 g/mol. The standard InChI is InChI=1S/C5H10N.Eu/c1-5-2-3-6-4-5;/h6H,2-4H2,1H3;/q-1;. The van der Waals surface area contributed by atoms with E-state index >= 15 is 0 Å². The van der Waals surface area contributed by atoms with E-state index in [0.717, 1.165) is 6.54 Å². The molecule has 0 aromatic heterocycles. The van der Waals surface area contributed by atoms with Gasteiger partial charge in [0.15, 0.2) is 0 Å². The van der Waals surface area contributed by atoms with Crippen LogP contribution < -0.4 is 5.32 Å². The Morgan fingerprint density at radius 1 is 1.57 bits per heavy atom.